The van der Waals surface area contributed by atoms with E-state index in [-0.39, 0.29) is 16.6 Å². The fourth-order valence-corrected chi connectivity index (χ4v) is 4.62. The van der Waals surface area contributed by atoms with E-state index in [1.54, 1.807) is 0 Å². The first-order valence-corrected chi connectivity index (χ1v) is 10.7. The molecule has 2 aromatic rings. The molecule has 1 aliphatic carbocycles. The first-order valence-electron chi connectivity index (χ1n) is 9.37. The van der Waals surface area contributed by atoms with Crippen molar-refractivity contribution in [3.05, 3.63) is 34.2 Å². The number of nitrogens with zero attached hydrogens (tertiary/aromatic N) is 3. The fraction of sp³-hybridized carbons (Fsp3) is 0.526. The Hall–Kier alpha value is -1.74. The van der Waals surface area contributed by atoms with Crippen LogP contribution in [0.1, 0.15) is 55.1 Å². The van der Waals surface area contributed by atoms with E-state index in [1.807, 2.05) is 13.8 Å². The van der Waals surface area contributed by atoms with Crippen LogP contribution in [-0.2, 0) is 11.0 Å². The molecule has 158 valence electrons. The zero-order chi connectivity index (χ0) is 21.2. The molecule has 0 unspecified atom stereocenters. The average Bonchev–Trinajstić information content (AvgIpc) is 2.95. The number of halogens is 4. The van der Waals surface area contributed by atoms with Gasteiger partial charge in [-0.2, -0.15) is 13.2 Å². The summed E-state index contributed by atoms with van der Waals surface area (Å²) in [6, 6.07) is 1.14. The molecule has 10 heteroatoms. The predicted molar refractivity (Wildman–Crippen MR) is 107 cm³/mol. The first-order chi connectivity index (χ1) is 13.7. The van der Waals surface area contributed by atoms with Crippen LogP contribution in [0.5, 0.6) is 0 Å². The van der Waals surface area contributed by atoms with Crippen LogP contribution in [-0.4, -0.2) is 26.2 Å². The van der Waals surface area contributed by atoms with E-state index < -0.39 is 17.6 Å². The molecular weight excluding hydrogens is 425 g/mol. The van der Waals surface area contributed by atoms with Crippen molar-refractivity contribution < 1.29 is 18.0 Å². The summed E-state index contributed by atoms with van der Waals surface area (Å²) in [5, 5.41) is 3.00. The third-order valence-electron chi connectivity index (χ3n) is 5.05. The molecule has 0 aliphatic heterocycles. The second-order valence-corrected chi connectivity index (χ2v) is 8.47. The molecule has 0 bridgehead atoms. The highest BCUT2D eigenvalue weighted by atomic mass is 35.5. The SMILES string of the molecule is Cc1nc(SCC(=O)Nc2ncc(C(F)(F)F)cc2Cl)n(C2CCCCC2)c1C. The molecule has 1 N–H and O–H groups in total. The Kier molecular flexibility index (Phi) is 6.78. The third-order valence-corrected chi connectivity index (χ3v) is 6.29. The Morgan fingerprint density at radius 1 is 1.31 bits per heavy atom. The molecule has 0 atom stereocenters. The van der Waals surface area contributed by atoms with Crippen LogP contribution in [0.4, 0.5) is 19.0 Å². The number of anilines is 1. The van der Waals surface area contributed by atoms with E-state index >= 15 is 0 Å². The molecule has 1 aliphatic rings. The highest BCUT2D eigenvalue weighted by Crippen LogP contribution is 2.35. The molecule has 0 saturated heterocycles. The Labute approximate surface area is 176 Å². The highest BCUT2D eigenvalue weighted by Gasteiger charge is 2.31. The van der Waals surface area contributed by atoms with E-state index in [2.05, 4.69) is 19.9 Å². The highest BCUT2D eigenvalue weighted by molar-refractivity contribution is 7.99. The number of rotatable bonds is 5. The minimum absolute atomic E-state index is 0.0572. The molecule has 0 spiro atoms. The molecule has 2 aromatic heterocycles. The van der Waals surface area contributed by atoms with Crippen LogP contribution < -0.4 is 5.32 Å². The van der Waals surface area contributed by atoms with Gasteiger partial charge in [-0.15, -0.1) is 0 Å². The number of imidazole rings is 1. The Bertz CT molecular complexity index is 894. The van der Waals surface area contributed by atoms with Crippen molar-refractivity contribution in [1.82, 2.24) is 14.5 Å². The lowest BCUT2D eigenvalue weighted by molar-refractivity contribution is -0.137. The van der Waals surface area contributed by atoms with E-state index in [0.29, 0.717) is 12.2 Å². The molecule has 1 saturated carbocycles. The lowest BCUT2D eigenvalue weighted by Crippen LogP contribution is -2.18. The summed E-state index contributed by atoms with van der Waals surface area (Å²) < 4.78 is 40.3. The van der Waals surface area contributed by atoms with Crippen LogP contribution in [0.15, 0.2) is 17.4 Å². The lowest BCUT2D eigenvalue weighted by Gasteiger charge is -2.26. The maximum absolute atomic E-state index is 12.7. The van der Waals surface area contributed by atoms with Crippen LogP contribution in [0.2, 0.25) is 5.02 Å². The summed E-state index contributed by atoms with van der Waals surface area (Å²) >= 11 is 7.15. The standard InChI is InChI=1S/C19H22ClF3N4OS/c1-11-12(2)27(14-6-4-3-5-7-14)18(25-11)29-10-16(28)26-17-15(20)8-13(9-24-17)19(21,22)23/h8-9,14H,3-7,10H2,1-2H3,(H,24,26,28). The average molecular weight is 447 g/mol. The quantitative estimate of drug-likeness (QED) is 0.589. The van der Waals surface area contributed by atoms with Gasteiger partial charge in [0.15, 0.2) is 11.0 Å². The number of thioether (sulfide) groups is 1. The van der Waals surface area contributed by atoms with Crippen molar-refractivity contribution in [2.45, 2.75) is 63.3 Å². The fourth-order valence-electron chi connectivity index (χ4n) is 3.45. The van der Waals surface area contributed by atoms with E-state index in [4.69, 9.17) is 11.6 Å². The second kappa shape index (κ2) is 8.95. The maximum atomic E-state index is 12.7. The third kappa shape index (κ3) is 5.25. The van der Waals surface area contributed by atoms with Crippen molar-refractivity contribution in [1.29, 1.82) is 0 Å². The molecule has 1 amide bonds. The van der Waals surface area contributed by atoms with Gasteiger partial charge in [0.05, 0.1) is 22.0 Å². The van der Waals surface area contributed by atoms with Crippen LogP contribution in [0.25, 0.3) is 0 Å². The zero-order valence-electron chi connectivity index (χ0n) is 16.1. The number of hydrogen-bond acceptors (Lipinski definition) is 4. The topological polar surface area (TPSA) is 59.8 Å². The number of carbonyl (C=O) groups excluding carboxylic acids is 1. The monoisotopic (exact) mass is 446 g/mol. The minimum atomic E-state index is -4.54. The van der Waals surface area contributed by atoms with Gasteiger partial charge >= 0.3 is 6.18 Å². The van der Waals surface area contributed by atoms with Gasteiger partial charge in [-0.25, -0.2) is 9.97 Å². The first kappa shape index (κ1) is 22.0. The van der Waals surface area contributed by atoms with E-state index in [0.717, 1.165) is 35.5 Å². The van der Waals surface area contributed by atoms with E-state index in [1.165, 1.54) is 31.0 Å². The Morgan fingerprint density at radius 2 is 2.00 bits per heavy atom. The number of aryl methyl sites for hydroxylation is 1. The number of pyridine rings is 1. The summed E-state index contributed by atoms with van der Waals surface area (Å²) in [4.78, 5) is 20.5. The van der Waals surface area contributed by atoms with Crippen LogP contribution in [0.3, 0.4) is 0 Å². The summed E-state index contributed by atoms with van der Waals surface area (Å²) in [7, 11) is 0. The molecule has 2 heterocycles. The molecule has 5 nitrogen and oxygen atoms in total. The van der Waals surface area contributed by atoms with Crippen LogP contribution in [0, 0.1) is 13.8 Å². The number of alkyl halides is 3. The molecule has 3 rings (SSSR count). The minimum Gasteiger partial charge on any atom is -0.320 e. The molecular formula is C19H22ClF3N4OS. The second-order valence-electron chi connectivity index (χ2n) is 7.12. The van der Waals surface area contributed by atoms with Crippen molar-refractivity contribution in [3.8, 4) is 0 Å². The number of nitrogens with one attached hydrogen (secondary N) is 1. The van der Waals surface area contributed by atoms with Gasteiger partial charge in [-0.05, 0) is 32.8 Å². The normalized spacial score (nSPS) is 15.5. The number of carbonyl (C=O) groups is 1. The zero-order valence-corrected chi connectivity index (χ0v) is 17.7. The van der Waals surface area contributed by atoms with Crippen molar-refractivity contribution in [2.24, 2.45) is 0 Å². The molecule has 0 aromatic carbocycles. The molecule has 29 heavy (non-hydrogen) atoms. The van der Waals surface area contributed by atoms with E-state index in [9.17, 15) is 18.0 Å². The number of aromatic nitrogens is 3. The van der Waals surface area contributed by atoms with Gasteiger partial charge < -0.3 is 9.88 Å². The summed E-state index contributed by atoms with van der Waals surface area (Å²) in [6.45, 7) is 3.98. The van der Waals surface area contributed by atoms with Gasteiger partial charge in [0, 0.05) is 17.9 Å². The number of amides is 1. The smallest absolute Gasteiger partial charge is 0.320 e. The van der Waals surface area contributed by atoms with Gasteiger partial charge in [-0.3, -0.25) is 4.79 Å². The Balaban J connectivity index is 1.66. The van der Waals surface area contributed by atoms with Gasteiger partial charge in [0.2, 0.25) is 5.91 Å². The van der Waals surface area contributed by atoms with Gasteiger partial charge in [-0.1, -0.05) is 42.6 Å². The Morgan fingerprint density at radius 3 is 2.62 bits per heavy atom. The molecule has 0 radical (unpaired) electrons. The molecule has 1 fully saturated rings. The van der Waals surface area contributed by atoms with Crippen molar-refractivity contribution >= 4 is 35.1 Å². The van der Waals surface area contributed by atoms with Crippen molar-refractivity contribution in [2.75, 3.05) is 11.1 Å². The summed E-state index contributed by atoms with van der Waals surface area (Å²) in [6.07, 6.45) is 1.92. The largest absolute Gasteiger partial charge is 0.417 e. The lowest BCUT2D eigenvalue weighted by atomic mass is 9.95. The maximum Gasteiger partial charge on any atom is 0.417 e. The summed E-state index contributed by atoms with van der Waals surface area (Å²) in [5.74, 6) is -0.437. The van der Waals surface area contributed by atoms with Gasteiger partial charge in [0.25, 0.3) is 0 Å². The van der Waals surface area contributed by atoms with Crippen molar-refractivity contribution in [3.63, 3.8) is 0 Å². The van der Waals surface area contributed by atoms with Gasteiger partial charge in [0.1, 0.15) is 0 Å². The summed E-state index contributed by atoms with van der Waals surface area (Å²) in [5.41, 5.74) is 1.08. The number of hydrogen-bond donors (Lipinski definition) is 1. The van der Waals surface area contributed by atoms with Crippen LogP contribution >= 0.6 is 23.4 Å². The predicted octanol–water partition coefficient (Wildman–Crippen LogP) is 5.80.